The molecule has 0 radical (unpaired) electrons. The molecule has 0 aliphatic rings. The maximum absolute atomic E-state index is 5.49. The van der Waals surface area contributed by atoms with Gasteiger partial charge < -0.3 is 10.3 Å². The van der Waals surface area contributed by atoms with Crippen molar-refractivity contribution in [3.8, 4) is 0 Å². The highest BCUT2D eigenvalue weighted by atomic mass is 14.9. The summed E-state index contributed by atoms with van der Waals surface area (Å²) in [7, 11) is 0. The molecular weight excluding hydrogens is 160 g/mol. The lowest BCUT2D eigenvalue weighted by Gasteiger charge is -2.08. The van der Waals surface area contributed by atoms with Crippen LogP contribution in [-0.4, -0.2) is 11.1 Å². The molecule has 1 unspecified atom stereocenters. The molecule has 0 saturated carbocycles. The lowest BCUT2D eigenvalue weighted by atomic mass is 10.1. The number of hydrogen-bond donors (Lipinski definition) is 1. The Balaban J connectivity index is 2.48. The van der Waals surface area contributed by atoms with Crippen LogP contribution in [0.3, 0.4) is 0 Å². The molecule has 74 valence electrons. The first-order valence-corrected chi connectivity index (χ1v) is 5.11. The predicted octanol–water partition coefficient (Wildman–Crippen LogP) is 2.04. The first kappa shape index (κ1) is 10.3. The molecule has 0 spiro atoms. The van der Waals surface area contributed by atoms with Crippen LogP contribution in [0.4, 0.5) is 0 Å². The molecule has 1 aromatic rings. The van der Waals surface area contributed by atoms with E-state index in [4.69, 9.17) is 5.73 Å². The van der Waals surface area contributed by atoms with Crippen molar-refractivity contribution in [3.05, 3.63) is 24.0 Å². The van der Waals surface area contributed by atoms with E-state index in [0.717, 1.165) is 25.4 Å². The van der Waals surface area contributed by atoms with Gasteiger partial charge in [0, 0.05) is 18.9 Å². The molecule has 2 heteroatoms. The Bertz CT molecular complexity index is 240. The van der Waals surface area contributed by atoms with Crippen molar-refractivity contribution in [1.29, 1.82) is 0 Å². The number of aromatic nitrogens is 1. The minimum absolute atomic E-state index is 0.743. The van der Waals surface area contributed by atoms with Gasteiger partial charge in [-0.25, -0.2) is 0 Å². The van der Waals surface area contributed by atoms with Gasteiger partial charge in [-0.05, 0) is 30.5 Å². The molecule has 0 saturated heterocycles. The van der Waals surface area contributed by atoms with Crippen molar-refractivity contribution in [2.45, 2.75) is 33.2 Å². The van der Waals surface area contributed by atoms with Crippen LogP contribution in [0.2, 0.25) is 0 Å². The zero-order chi connectivity index (χ0) is 9.68. The Hall–Kier alpha value is -0.760. The van der Waals surface area contributed by atoms with Crippen molar-refractivity contribution in [2.24, 2.45) is 11.7 Å². The lowest BCUT2D eigenvalue weighted by Crippen LogP contribution is -2.05. The molecule has 0 amide bonds. The van der Waals surface area contributed by atoms with Gasteiger partial charge in [0.2, 0.25) is 0 Å². The minimum atomic E-state index is 0.743. The third-order valence-electron chi connectivity index (χ3n) is 2.46. The van der Waals surface area contributed by atoms with Gasteiger partial charge >= 0.3 is 0 Å². The maximum Gasteiger partial charge on any atom is 0.0245 e. The molecule has 1 aromatic heterocycles. The molecule has 0 fully saturated rings. The fourth-order valence-electron chi connectivity index (χ4n) is 1.41. The summed E-state index contributed by atoms with van der Waals surface area (Å²) in [4.78, 5) is 0. The van der Waals surface area contributed by atoms with Crippen molar-refractivity contribution < 1.29 is 0 Å². The van der Waals surface area contributed by atoms with Gasteiger partial charge in [0.1, 0.15) is 0 Å². The first-order chi connectivity index (χ1) is 6.26. The highest BCUT2D eigenvalue weighted by molar-refractivity contribution is 5.10. The summed E-state index contributed by atoms with van der Waals surface area (Å²) >= 11 is 0. The second-order valence-electron chi connectivity index (χ2n) is 3.77. The van der Waals surface area contributed by atoms with E-state index in [-0.39, 0.29) is 0 Å². The van der Waals surface area contributed by atoms with Gasteiger partial charge in [-0.3, -0.25) is 0 Å². The van der Waals surface area contributed by atoms with Crippen LogP contribution in [-0.2, 0) is 13.0 Å². The van der Waals surface area contributed by atoms with Crippen LogP contribution in [0, 0.1) is 5.92 Å². The first-order valence-electron chi connectivity index (χ1n) is 5.11. The normalized spacial score (nSPS) is 13.2. The Morgan fingerprint density at radius 1 is 1.54 bits per heavy atom. The minimum Gasteiger partial charge on any atom is -0.354 e. The Morgan fingerprint density at radius 3 is 2.92 bits per heavy atom. The summed E-state index contributed by atoms with van der Waals surface area (Å²) in [5, 5.41) is 0. The second-order valence-corrected chi connectivity index (χ2v) is 3.77. The smallest absolute Gasteiger partial charge is 0.0245 e. The van der Waals surface area contributed by atoms with Crippen LogP contribution < -0.4 is 5.73 Å². The zero-order valence-corrected chi connectivity index (χ0v) is 8.66. The molecule has 1 rings (SSSR count). The summed E-state index contributed by atoms with van der Waals surface area (Å²) in [5.41, 5.74) is 6.84. The van der Waals surface area contributed by atoms with Crippen molar-refractivity contribution >= 4 is 0 Å². The highest BCUT2D eigenvalue weighted by Gasteiger charge is 2.00. The van der Waals surface area contributed by atoms with Crippen LogP contribution in [0.25, 0.3) is 0 Å². The quantitative estimate of drug-likeness (QED) is 0.738. The third kappa shape index (κ3) is 3.23. The SMILES string of the molecule is CCC(C)Cn1ccc(CCN)c1. The van der Waals surface area contributed by atoms with E-state index in [9.17, 15) is 0 Å². The van der Waals surface area contributed by atoms with Gasteiger partial charge in [0.15, 0.2) is 0 Å². The topological polar surface area (TPSA) is 30.9 Å². The van der Waals surface area contributed by atoms with Gasteiger partial charge in [0.05, 0.1) is 0 Å². The summed E-state index contributed by atoms with van der Waals surface area (Å²) in [6.45, 7) is 6.38. The van der Waals surface area contributed by atoms with Crippen LogP contribution in [0.5, 0.6) is 0 Å². The largest absolute Gasteiger partial charge is 0.354 e. The zero-order valence-electron chi connectivity index (χ0n) is 8.66. The molecule has 0 bridgehead atoms. The number of nitrogens with zero attached hydrogens (tertiary/aromatic N) is 1. The lowest BCUT2D eigenvalue weighted by molar-refractivity contribution is 0.469. The van der Waals surface area contributed by atoms with E-state index < -0.39 is 0 Å². The van der Waals surface area contributed by atoms with E-state index >= 15 is 0 Å². The summed E-state index contributed by atoms with van der Waals surface area (Å²) < 4.78 is 2.26. The van der Waals surface area contributed by atoms with E-state index in [1.807, 2.05) is 0 Å². The fraction of sp³-hybridized carbons (Fsp3) is 0.636. The van der Waals surface area contributed by atoms with E-state index in [1.54, 1.807) is 0 Å². The number of rotatable bonds is 5. The van der Waals surface area contributed by atoms with Crippen molar-refractivity contribution in [1.82, 2.24) is 4.57 Å². The Labute approximate surface area is 80.7 Å². The summed E-state index contributed by atoms with van der Waals surface area (Å²) in [6.07, 6.45) is 6.59. The summed E-state index contributed by atoms with van der Waals surface area (Å²) in [6, 6.07) is 2.16. The Morgan fingerprint density at radius 2 is 2.31 bits per heavy atom. The van der Waals surface area contributed by atoms with Crippen LogP contribution in [0.1, 0.15) is 25.8 Å². The molecule has 0 aliphatic carbocycles. The molecule has 1 atom stereocenters. The van der Waals surface area contributed by atoms with E-state index in [0.29, 0.717) is 0 Å². The Kier molecular flexibility index (Phi) is 4.03. The standard InChI is InChI=1S/C11H20N2/c1-3-10(2)8-13-7-5-11(9-13)4-6-12/h5,7,9-10H,3-4,6,8,12H2,1-2H3. The van der Waals surface area contributed by atoms with Gasteiger partial charge in [0.25, 0.3) is 0 Å². The van der Waals surface area contributed by atoms with Crippen molar-refractivity contribution in [2.75, 3.05) is 6.54 Å². The van der Waals surface area contributed by atoms with Gasteiger partial charge in [-0.2, -0.15) is 0 Å². The molecule has 1 heterocycles. The van der Waals surface area contributed by atoms with Crippen LogP contribution >= 0.6 is 0 Å². The van der Waals surface area contributed by atoms with Crippen LogP contribution in [0.15, 0.2) is 18.5 Å². The second kappa shape index (κ2) is 5.07. The molecule has 0 aliphatic heterocycles. The molecule has 2 N–H and O–H groups in total. The summed E-state index contributed by atoms with van der Waals surface area (Å²) in [5.74, 6) is 0.762. The molecule has 0 aromatic carbocycles. The highest BCUT2D eigenvalue weighted by Crippen LogP contribution is 2.08. The van der Waals surface area contributed by atoms with Gasteiger partial charge in [-0.1, -0.05) is 20.3 Å². The monoisotopic (exact) mass is 180 g/mol. The number of hydrogen-bond acceptors (Lipinski definition) is 1. The molecular formula is C11H20N2. The van der Waals surface area contributed by atoms with Gasteiger partial charge in [-0.15, -0.1) is 0 Å². The fourth-order valence-corrected chi connectivity index (χ4v) is 1.41. The molecule has 2 nitrogen and oxygen atoms in total. The third-order valence-corrected chi connectivity index (χ3v) is 2.46. The average Bonchev–Trinajstić information content (AvgIpc) is 2.53. The number of nitrogens with two attached hydrogens (primary N) is 1. The average molecular weight is 180 g/mol. The van der Waals surface area contributed by atoms with E-state index in [2.05, 4.69) is 36.9 Å². The maximum atomic E-state index is 5.49. The van der Waals surface area contributed by atoms with Crippen molar-refractivity contribution in [3.63, 3.8) is 0 Å². The predicted molar refractivity (Wildman–Crippen MR) is 56.6 cm³/mol. The van der Waals surface area contributed by atoms with E-state index in [1.165, 1.54) is 12.0 Å². The molecule has 13 heavy (non-hydrogen) atoms.